The van der Waals surface area contributed by atoms with Gasteiger partial charge in [0.2, 0.25) is 6.79 Å². The standard InChI is InChI=1S/C58H68N6O5/c1-5-7-8-9-10-11-12-13-14-15-25-37-52(65)68-43-69-56(66)53-54(57(3,4)67)59-51(28-6-2)63(53)42-44-38-40-45(41-39-44)49-35-26-27-36-50(49)55-60-61-62-64(55)58(46-29-19-16-20-30-46,47-31-21-17-22-32-47)48-33-23-18-24-34-48/h16-24,26-27,29-36,38-41,67H,5-15,25,28,37,42-43H2,1-4H3. The Balaban J connectivity index is 1.10. The zero-order valence-corrected chi connectivity index (χ0v) is 40.9. The van der Waals surface area contributed by atoms with Gasteiger partial charge in [0.25, 0.3) is 0 Å². The molecular formula is C58H68N6O5. The summed E-state index contributed by atoms with van der Waals surface area (Å²) in [6, 6.07) is 47.3. The second-order valence-electron chi connectivity index (χ2n) is 18.4. The second-order valence-corrected chi connectivity index (χ2v) is 18.4. The molecule has 0 atom stereocenters. The third-order valence-electron chi connectivity index (χ3n) is 12.8. The molecule has 0 aliphatic rings. The molecular weight excluding hydrogens is 861 g/mol. The minimum Gasteiger partial charge on any atom is -0.428 e. The third-order valence-corrected chi connectivity index (χ3v) is 12.8. The van der Waals surface area contributed by atoms with Gasteiger partial charge < -0.3 is 19.1 Å². The van der Waals surface area contributed by atoms with E-state index in [0.717, 1.165) is 64.6 Å². The number of unbranched alkanes of at least 4 members (excludes halogenated alkanes) is 10. The van der Waals surface area contributed by atoms with Crippen LogP contribution in [0.5, 0.6) is 0 Å². The number of tetrazole rings is 1. The molecule has 360 valence electrons. The molecule has 0 amide bonds. The lowest BCUT2D eigenvalue weighted by Gasteiger charge is -2.36. The van der Waals surface area contributed by atoms with E-state index in [1.165, 1.54) is 51.4 Å². The minimum absolute atomic E-state index is 0.132. The first-order chi connectivity index (χ1) is 33.7. The molecule has 0 spiro atoms. The minimum atomic E-state index is -1.45. The van der Waals surface area contributed by atoms with Crippen molar-refractivity contribution in [1.29, 1.82) is 0 Å². The fraction of sp³-hybridized carbons (Fsp3) is 0.379. The highest BCUT2D eigenvalue weighted by Crippen LogP contribution is 2.43. The lowest BCUT2D eigenvalue weighted by Crippen LogP contribution is -2.39. The predicted molar refractivity (Wildman–Crippen MR) is 271 cm³/mol. The molecule has 2 heterocycles. The molecule has 0 radical (unpaired) electrons. The van der Waals surface area contributed by atoms with Crippen molar-refractivity contribution in [2.45, 2.75) is 135 Å². The summed E-state index contributed by atoms with van der Waals surface area (Å²) in [4.78, 5) is 31.4. The highest BCUT2D eigenvalue weighted by molar-refractivity contribution is 5.89. The van der Waals surface area contributed by atoms with Gasteiger partial charge in [-0.2, -0.15) is 0 Å². The number of esters is 2. The first kappa shape index (κ1) is 50.2. The van der Waals surface area contributed by atoms with Crippen LogP contribution in [0.1, 0.15) is 155 Å². The van der Waals surface area contributed by atoms with E-state index in [0.29, 0.717) is 18.1 Å². The van der Waals surface area contributed by atoms with Gasteiger partial charge in [0.15, 0.2) is 11.5 Å². The maximum atomic E-state index is 13.9. The topological polar surface area (TPSA) is 134 Å². The summed E-state index contributed by atoms with van der Waals surface area (Å²) >= 11 is 0. The van der Waals surface area contributed by atoms with Crippen LogP contribution < -0.4 is 0 Å². The van der Waals surface area contributed by atoms with Crippen molar-refractivity contribution in [3.63, 3.8) is 0 Å². The fourth-order valence-corrected chi connectivity index (χ4v) is 9.33. The third kappa shape index (κ3) is 12.3. The molecule has 0 aliphatic heterocycles. The number of imidazole rings is 1. The lowest BCUT2D eigenvalue weighted by molar-refractivity contribution is -0.152. The molecule has 7 aromatic rings. The molecule has 0 aliphatic carbocycles. The van der Waals surface area contributed by atoms with Crippen molar-refractivity contribution in [2.75, 3.05) is 6.79 Å². The quantitative estimate of drug-likeness (QED) is 0.0244. The van der Waals surface area contributed by atoms with E-state index >= 15 is 0 Å². The number of nitrogens with zero attached hydrogens (tertiary/aromatic N) is 6. The average molecular weight is 929 g/mol. The highest BCUT2D eigenvalue weighted by Gasteiger charge is 2.42. The number of carbonyl (C=O) groups is 2. The molecule has 0 bridgehead atoms. The average Bonchev–Trinajstić information content (AvgIpc) is 4.01. The van der Waals surface area contributed by atoms with Crippen LogP contribution in [-0.2, 0) is 38.4 Å². The number of benzene rings is 5. The summed E-state index contributed by atoms with van der Waals surface area (Å²) in [7, 11) is 0. The SMILES string of the molecule is CCCCCCCCCCCCCC(=O)OCOC(=O)c1c(C(C)(C)O)nc(CCC)n1Cc1ccc(-c2ccccc2-c2nnnn2C(c2ccccc2)(c2ccccc2)c2ccccc2)cc1. The number of aromatic nitrogens is 6. The summed E-state index contributed by atoms with van der Waals surface area (Å²) in [6.07, 6.45) is 14.7. The molecule has 1 N–H and O–H groups in total. The largest absolute Gasteiger partial charge is 0.428 e. The van der Waals surface area contributed by atoms with Crippen molar-refractivity contribution in [3.8, 4) is 22.5 Å². The maximum Gasteiger partial charge on any atom is 0.359 e. The number of hydrogen-bond donors (Lipinski definition) is 1. The summed E-state index contributed by atoms with van der Waals surface area (Å²) in [5, 5.41) is 25.1. The van der Waals surface area contributed by atoms with Crippen molar-refractivity contribution in [3.05, 3.63) is 179 Å². The molecule has 0 unspecified atom stereocenters. The van der Waals surface area contributed by atoms with Gasteiger partial charge >= 0.3 is 11.9 Å². The van der Waals surface area contributed by atoms with E-state index in [-0.39, 0.29) is 24.4 Å². The normalized spacial score (nSPS) is 11.7. The fourth-order valence-electron chi connectivity index (χ4n) is 9.33. The number of aliphatic hydroxyl groups is 1. The van der Waals surface area contributed by atoms with E-state index in [1.807, 2.05) is 101 Å². The van der Waals surface area contributed by atoms with Crippen molar-refractivity contribution < 1.29 is 24.2 Å². The molecule has 7 rings (SSSR count). The number of carbonyl (C=O) groups excluding carboxylic acids is 2. The van der Waals surface area contributed by atoms with Crippen LogP contribution in [-0.4, -0.2) is 53.6 Å². The number of rotatable bonds is 26. The lowest BCUT2D eigenvalue weighted by atomic mass is 9.77. The Bertz CT molecular complexity index is 2580. The van der Waals surface area contributed by atoms with Crippen LogP contribution in [0.2, 0.25) is 0 Å². The zero-order chi connectivity index (χ0) is 48.5. The molecule has 0 saturated heterocycles. The predicted octanol–water partition coefficient (Wildman–Crippen LogP) is 12.6. The van der Waals surface area contributed by atoms with Crippen LogP contribution >= 0.6 is 0 Å². The summed E-state index contributed by atoms with van der Waals surface area (Å²) in [5.74, 6) is 0.124. The van der Waals surface area contributed by atoms with E-state index in [4.69, 9.17) is 24.8 Å². The number of aryl methyl sites for hydroxylation is 1. The van der Waals surface area contributed by atoms with Crippen molar-refractivity contribution in [2.24, 2.45) is 0 Å². The van der Waals surface area contributed by atoms with Crippen LogP contribution in [0.3, 0.4) is 0 Å². The Labute approximate surface area is 407 Å². The van der Waals surface area contributed by atoms with Gasteiger partial charge in [-0.05, 0) is 70.5 Å². The summed E-state index contributed by atoms with van der Waals surface area (Å²) in [5.41, 5.74) is 4.62. The van der Waals surface area contributed by atoms with Crippen LogP contribution in [0.4, 0.5) is 0 Å². The summed E-state index contributed by atoms with van der Waals surface area (Å²) in [6.45, 7) is 7.26. The second kappa shape index (κ2) is 24.5. The van der Waals surface area contributed by atoms with E-state index in [1.54, 1.807) is 13.8 Å². The molecule has 0 fully saturated rings. The maximum absolute atomic E-state index is 13.9. The molecule has 5 aromatic carbocycles. The summed E-state index contributed by atoms with van der Waals surface area (Å²) < 4.78 is 14.7. The van der Waals surface area contributed by atoms with Gasteiger partial charge in [-0.3, -0.25) is 4.79 Å². The Morgan fingerprint density at radius 3 is 1.67 bits per heavy atom. The zero-order valence-electron chi connectivity index (χ0n) is 40.9. The number of hydrogen-bond acceptors (Lipinski definition) is 9. The van der Waals surface area contributed by atoms with Crippen molar-refractivity contribution >= 4 is 11.9 Å². The molecule has 0 saturated carbocycles. The van der Waals surface area contributed by atoms with Crippen LogP contribution in [0.25, 0.3) is 22.5 Å². The van der Waals surface area contributed by atoms with Gasteiger partial charge in [0.05, 0.1) is 0 Å². The van der Waals surface area contributed by atoms with Crippen molar-refractivity contribution in [1.82, 2.24) is 29.8 Å². The molecule has 11 heteroatoms. The van der Waals surface area contributed by atoms with E-state index < -0.39 is 29.9 Å². The Kier molecular flexibility index (Phi) is 17.8. The van der Waals surface area contributed by atoms with Gasteiger partial charge in [-0.25, -0.2) is 14.5 Å². The molecule has 69 heavy (non-hydrogen) atoms. The van der Waals surface area contributed by atoms with Gasteiger partial charge in [-0.15, -0.1) is 5.10 Å². The van der Waals surface area contributed by atoms with Crippen LogP contribution in [0, 0.1) is 0 Å². The van der Waals surface area contributed by atoms with Gasteiger partial charge in [0.1, 0.15) is 22.7 Å². The van der Waals surface area contributed by atoms with E-state index in [2.05, 4.69) is 66.7 Å². The number of ether oxygens (including phenoxy) is 2. The highest BCUT2D eigenvalue weighted by atomic mass is 16.7. The first-order valence-electron chi connectivity index (χ1n) is 25.0. The first-order valence-corrected chi connectivity index (χ1v) is 25.0. The monoisotopic (exact) mass is 929 g/mol. The Morgan fingerprint density at radius 1 is 0.609 bits per heavy atom. The molecule has 11 nitrogen and oxygen atoms in total. The Morgan fingerprint density at radius 2 is 1.13 bits per heavy atom. The van der Waals surface area contributed by atoms with Gasteiger partial charge in [0, 0.05) is 24.9 Å². The molecule has 2 aromatic heterocycles. The Hall–Kier alpha value is -6.72. The van der Waals surface area contributed by atoms with E-state index in [9.17, 15) is 14.7 Å². The van der Waals surface area contributed by atoms with Gasteiger partial charge in [-0.1, -0.05) is 218 Å². The van der Waals surface area contributed by atoms with Crippen LogP contribution in [0.15, 0.2) is 140 Å². The smallest absolute Gasteiger partial charge is 0.359 e.